The zero-order valence-corrected chi connectivity index (χ0v) is 9.95. The maximum absolute atomic E-state index is 13.2. The number of ketones is 1. The maximum atomic E-state index is 13.2. The minimum absolute atomic E-state index is 0.0275. The summed E-state index contributed by atoms with van der Waals surface area (Å²) in [6, 6.07) is 3.18. The van der Waals surface area contributed by atoms with Crippen LogP contribution in [-0.4, -0.2) is 17.3 Å². The van der Waals surface area contributed by atoms with Gasteiger partial charge < -0.3 is 0 Å². The zero-order chi connectivity index (χ0) is 12.0. The van der Waals surface area contributed by atoms with Gasteiger partial charge in [0.15, 0.2) is 0 Å². The lowest BCUT2D eigenvalue weighted by Gasteiger charge is -2.02. The van der Waals surface area contributed by atoms with Crippen LogP contribution in [0, 0.1) is 11.6 Å². The first-order chi connectivity index (χ1) is 7.63. The molecule has 0 saturated heterocycles. The number of carbonyl (C=O) groups excluding carboxylic acids is 1. The molecule has 4 heteroatoms. The average Bonchev–Trinajstić information content (AvgIpc) is 2.24. The molecule has 0 aromatic heterocycles. The van der Waals surface area contributed by atoms with E-state index in [1.807, 2.05) is 6.92 Å². The molecule has 88 valence electrons. The molecule has 0 heterocycles. The second-order valence-electron chi connectivity index (χ2n) is 3.50. The van der Waals surface area contributed by atoms with Gasteiger partial charge in [0.1, 0.15) is 17.4 Å². The molecule has 0 aliphatic heterocycles. The van der Waals surface area contributed by atoms with Gasteiger partial charge in [0.25, 0.3) is 0 Å². The van der Waals surface area contributed by atoms with Crippen molar-refractivity contribution in [2.75, 3.05) is 11.5 Å². The van der Waals surface area contributed by atoms with E-state index in [0.717, 1.165) is 30.4 Å². The summed E-state index contributed by atoms with van der Waals surface area (Å²) in [5.41, 5.74) is 0.141. The van der Waals surface area contributed by atoms with Crippen LogP contribution < -0.4 is 0 Å². The molecule has 0 fully saturated rings. The summed E-state index contributed by atoms with van der Waals surface area (Å²) in [6.07, 6.45) is 0.979. The van der Waals surface area contributed by atoms with Crippen molar-refractivity contribution in [1.29, 1.82) is 0 Å². The molecule has 0 amide bonds. The number of Topliss-reactive ketones (excluding diaryl/α,β-unsaturated/α-hetero) is 1. The molecule has 1 aromatic rings. The standard InChI is InChI=1S/C12H14F2OS/c1-2-5-16-8-11(15)7-9-6-10(13)3-4-12(9)14/h3-4,6H,2,5,7-8H2,1H3. The van der Waals surface area contributed by atoms with Crippen molar-refractivity contribution in [3.05, 3.63) is 35.4 Å². The number of hydrogen-bond acceptors (Lipinski definition) is 2. The molecule has 0 unspecified atom stereocenters. The molecule has 0 bridgehead atoms. The summed E-state index contributed by atoms with van der Waals surface area (Å²) in [5.74, 6) is 0.185. The van der Waals surface area contributed by atoms with Crippen LogP contribution in [0.1, 0.15) is 18.9 Å². The minimum Gasteiger partial charge on any atom is -0.298 e. The second-order valence-corrected chi connectivity index (χ2v) is 4.61. The topological polar surface area (TPSA) is 17.1 Å². The second kappa shape index (κ2) is 6.63. The smallest absolute Gasteiger partial charge is 0.147 e. The van der Waals surface area contributed by atoms with Crippen LogP contribution in [-0.2, 0) is 11.2 Å². The monoisotopic (exact) mass is 244 g/mol. The van der Waals surface area contributed by atoms with Gasteiger partial charge in [-0.15, -0.1) is 0 Å². The molecule has 1 nitrogen and oxygen atoms in total. The lowest BCUT2D eigenvalue weighted by Crippen LogP contribution is -2.08. The molecule has 0 N–H and O–H groups in total. The summed E-state index contributed by atoms with van der Waals surface area (Å²) in [4.78, 5) is 11.4. The number of thioether (sulfide) groups is 1. The van der Waals surface area contributed by atoms with Gasteiger partial charge in [0.05, 0.1) is 5.75 Å². The predicted octanol–water partition coefficient (Wildman–Crippen LogP) is 3.22. The Hall–Kier alpha value is -0.900. The minimum atomic E-state index is -0.518. The largest absolute Gasteiger partial charge is 0.298 e. The van der Waals surface area contributed by atoms with E-state index in [1.165, 1.54) is 11.8 Å². The van der Waals surface area contributed by atoms with E-state index in [4.69, 9.17) is 0 Å². The Morgan fingerprint density at radius 2 is 2.12 bits per heavy atom. The fourth-order valence-electron chi connectivity index (χ4n) is 1.27. The first kappa shape index (κ1) is 13.2. The van der Waals surface area contributed by atoms with Gasteiger partial charge in [-0.25, -0.2) is 8.78 Å². The van der Waals surface area contributed by atoms with Crippen molar-refractivity contribution in [2.45, 2.75) is 19.8 Å². The molecule has 1 rings (SSSR count). The highest BCUT2D eigenvalue weighted by Gasteiger charge is 2.09. The lowest BCUT2D eigenvalue weighted by atomic mass is 10.1. The van der Waals surface area contributed by atoms with E-state index in [2.05, 4.69) is 0 Å². The maximum Gasteiger partial charge on any atom is 0.147 e. The van der Waals surface area contributed by atoms with Crippen molar-refractivity contribution in [3.8, 4) is 0 Å². The van der Waals surface area contributed by atoms with Gasteiger partial charge >= 0.3 is 0 Å². The highest BCUT2D eigenvalue weighted by molar-refractivity contribution is 7.99. The van der Waals surface area contributed by atoms with Gasteiger partial charge in [-0.3, -0.25) is 4.79 Å². The van der Waals surface area contributed by atoms with E-state index in [-0.39, 0.29) is 17.8 Å². The van der Waals surface area contributed by atoms with Gasteiger partial charge in [-0.05, 0) is 35.9 Å². The molecule has 1 aromatic carbocycles. The van der Waals surface area contributed by atoms with E-state index in [1.54, 1.807) is 0 Å². The molecule has 16 heavy (non-hydrogen) atoms. The van der Waals surface area contributed by atoms with E-state index in [0.29, 0.717) is 5.75 Å². The van der Waals surface area contributed by atoms with Crippen molar-refractivity contribution in [3.63, 3.8) is 0 Å². The Labute approximate surface area is 98.2 Å². The summed E-state index contributed by atoms with van der Waals surface area (Å²) in [5, 5.41) is 0. The Morgan fingerprint density at radius 1 is 1.38 bits per heavy atom. The quantitative estimate of drug-likeness (QED) is 0.715. The third-order valence-electron chi connectivity index (χ3n) is 2.01. The Kier molecular flexibility index (Phi) is 5.46. The number of carbonyl (C=O) groups is 1. The van der Waals surface area contributed by atoms with Crippen molar-refractivity contribution in [1.82, 2.24) is 0 Å². The highest BCUT2D eigenvalue weighted by Crippen LogP contribution is 2.12. The SMILES string of the molecule is CCCSCC(=O)Cc1cc(F)ccc1F. The molecule has 0 radical (unpaired) electrons. The van der Waals surface area contributed by atoms with Crippen LogP contribution in [0.15, 0.2) is 18.2 Å². The Morgan fingerprint density at radius 3 is 2.81 bits per heavy atom. The zero-order valence-electron chi connectivity index (χ0n) is 9.13. The summed E-state index contributed by atoms with van der Waals surface area (Å²) in [6.45, 7) is 2.03. The van der Waals surface area contributed by atoms with E-state index < -0.39 is 11.6 Å². The van der Waals surface area contributed by atoms with Crippen molar-refractivity contribution in [2.24, 2.45) is 0 Å². The molecular formula is C12H14F2OS. The van der Waals surface area contributed by atoms with Gasteiger partial charge in [0.2, 0.25) is 0 Å². The van der Waals surface area contributed by atoms with Gasteiger partial charge in [-0.2, -0.15) is 11.8 Å². The average molecular weight is 244 g/mol. The molecule has 0 aliphatic rings. The Bertz CT molecular complexity index is 366. The van der Waals surface area contributed by atoms with Crippen LogP contribution in [0.4, 0.5) is 8.78 Å². The summed E-state index contributed by atoms with van der Waals surface area (Å²) in [7, 11) is 0. The number of hydrogen-bond donors (Lipinski definition) is 0. The Balaban J connectivity index is 2.52. The van der Waals surface area contributed by atoms with E-state index >= 15 is 0 Å². The van der Waals surface area contributed by atoms with Crippen LogP contribution in [0.25, 0.3) is 0 Å². The van der Waals surface area contributed by atoms with E-state index in [9.17, 15) is 13.6 Å². The van der Waals surface area contributed by atoms with Crippen LogP contribution in [0.3, 0.4) is 0 Å². The molecule has 0 aliphatic carbocycles. The lowest BCUT2D eigenvalue weighted by molar-refractivity contribution is -0.116. The molecular weight excluding hydrogens is 230 g/mol. The fourth-order valence-corrected chi connectivity index (χ4v) is 2.04. The van der Waals surface area contributed by atoms with Crippen molar-refractivity contribution < 1.29 is 13.6 Å². The fraction of sp³-hybridized carbons (Fsp3) is 0.417. The third kappa shape index (κ3) is 4.31. The normalized spacial score (nSPS) is 10.4. The predicted molar refractivity (Wildman–Crippen MR) is 62.7 cm³/mol. The molecule has 0 atom stereocenters. The third-order valence-corrected chi connectivity index (χ3v) is 3.23. The van der Waals surface area contributed by atoms with Gasteiger partial charge in [0, 0.05) is 6.42 Å². The van der Waals surface area contributed by atoms with Gasteiger partial charge in [-0.1, -0.05) is 6.92 Å². The van der Waals surface area contributed by atoms with Crippen molar-refractivity contribution >= 4 is 17.5 Å². The first-order valence-corrected chi connectivity index (χ1v) is 6.32. The number of benzene rings is 1. The van der Waals surface area contributed by atoms with Crippen LogP contribution >= 0.6 is 11.8 Å². The number of halogens is 2. The van der Waals surface area contributed by atoms with Crippen LogP contribution in [0.2, 0.25) is 0 Å². The number of rotatable bonds is 6. The summed E-state index contributed by atoms with van der Waals surface area (Å²) < 4.78 is 26.0. The molecule has 0 spiro atoms. The summed E-state index contributed by atoms with van der Waals surface area (Å²) >= 11 is 1.52. The first-order valence-electron chi connectivity index (χ1n) is 5.17. The van der Waals surface area contributed by atoms with Crippen LogP contribution in [0.5, 0.6) is 0 Å². The molecule has 0 saturated carbocycles. The highest BCUT2D eigenvalue weighted by atomic mass is 32.2.